The van der Waals surface area contributed by atoms with Crippen LogP contribution in [0.25, 0.3) is 0 Å². The highest BCUT2D eigenvalue weighted by Crippen LogP contribution is 2.33. The molecule has 1 saturated carbocycles. The van der Waals surface area contributed by atoms with E-state index in [1.165, 1.54) is 18.9 Å². The summed E-state index contributed by atoms with van der Waals surface area (Å²) in [6.45, 7) is 0.465. The van der Waals surface area contributed by atoms with Crippen molar-refractivity contribution in [2.24, 2.45) is 0 Å². The fourth-order valence-corrected chi connectivity index (χ4v) is 4.31. The maximum Gasteiger partial charge on any atom is 0.293 e. The van der Waals surface area contributed by atoms with Crippen LogP contribution in [0.5, 0.6) is 0 Å². The molecule has 0 atom stereocenters. The molecule has 1 fully saturated rings. The van der Waals surface area contributed by atoms with Crippen LogP contribution in [0, 0.1) is 10.1 Å². The number of amides is 1. The van der Waals surface area contributed by atoms with E-state index in [1.807, 2.05) is 6.26 Å². The van der Waals surface area contributed by atoms with Gasteiger partial charge >= 0.3 is 0 Å². The Morgan fingerprint density at radius 1 is 1.34 bits per heavy atom. The molecule has 29 heavy (non-hydrogen) atoms. The Bertz CT molecular complexity index is 879. The van der Waals surface area contributed by atoms with Gasteiger partial charge in [0.05, 0.1) is 4.92 Å². The minimum absolute atomic E-state index is 0.116. The first-order valence-corrected chi connectivity index (χ1v) is 11.0. The van der Waals surface area contributed by atoms with E-state index in [1.54, 1.807) is 30.9 Å². The van der Waals surface area contributed by atoms with E-state index >= 15 is 0 Å². The summed E-state index contributed by atoms with van der Waals surface area (Å²) in [6, 6.07) is 4.89. The Morgan fingerprint density at radius 2 is 2.10 bits per heavy atom. The van der Waals surface area contributed by atoms with Crippen LogP contribution in [0.4, 0.5) is 11.4 Å². The van der Waals surface area contributed by atoms with E-state index in [0.717, 1.165) is 36.7 Å². The van der Waals surface area contributed by atoms with Gasteiger partial charge in [0.2, 0.25) is 0 Å². The van der Waals surface area contributed by atoms with Crippen LogP contribution in [-0.4, -0.2) is 45.4 Å². The van der Waals surface area contributed by atoms with Crippen LogP contribution < -0.4 is 10.6 Å². The van der Waals surface area contributed by atoms with Gasteiger partial charge in [-0.25, -0.2) is 0 Å². The van der Waals surface area contributed by atoms with E-state index < -0.39 is 4.92 Å². The van der Waals surface area contributed by atoms with E-state index in [9.17, 15) is 14.9 Å². The predicted molar refractivity (Wildman–Crippen MR) is 113 cm³/mol. The highest BCUT2D eigenvalue weighted by molar-refractivity contribution is 7.98. The lowest BCUT2D eigenvalue weighted by Crippen LogP contribution is -2.25. The fraction of sp³-hybridized carbons (Fsp3) is 0.526. The normalized spacial score (nSPS) is 14.1. The number of anilines is 1. The van der Waals surface area contributed by atoms with Gasteiger partial charge in [0.15, 0.2) is 5.16 Å². The number of rotatable bonds is 9. The number of nitro groups is 1. The third-order valence-electron chi connectivity index (χ3n) is 5.20. The number of hydrogen-bond donors (Lipinski definition) is 2. The van der Waals surface area contributed by atoms with Gasteiger partial charge in [0, 0.05) is 37.7 Å². The Hall–Kier alpha value is -2.62. The monoisotopic (exact) mass is 418 g/mol. The number of nitrogens with one attached hydrogen (secondary N) is 2. The highest BCUT2D eigenvalue weighted by Gasteiger charge is 2.23. The topological polar surface area (TPSA) is 115 Å². The van der Waals surface area contributed by atoms with Crippen molar-refractivity contribution in [1.29, 1.82) is 0 Å². The van der Waals surface area contributed by atoms with Gasteiger partial charge in [-0.1, -0.05) is 24.6 Å². The standard InChI is InChI=1S/C19H26N6O3S/c1-20-15-10-9-13(12-16(15)25(27)28)18(26)21-11-5-8-17-22-23-19(29-2)24(17)14-6-3-4-7-14/h9-10,12,14,20H,3-8,11H2,1-2H3,(H,21,26). The molecule has 9 nitrogen and oxygen atoms in total. The fourth-order valence-electron chi connectivity index (χ4n) is 3.73. The Morgan fingerprint density at radius 3 is 2.76 bits per heavy atom. The quantitative estimate of drug-likeness (QED) is 0.277. The van der Waals surface area contributed by atoms with E-state index in [0.29, 0.717) is 18.3 Å². The average Bonchev–Trinajstić information content (AvgIpc) is 3.39. The third kappa shape index (κ3) is 4.87. The zero-order valence-corrected chi connectivity index (χ0v) is 17.5. The summed E-state index contributed by atoms with van der Waals surface area (Å²) in [4.78, 5) is 23.0. The second-order valence-corrected chi connectivity index (χ2v) is 7.78. The number of carbonyl (C=O) groups is 1. The molecule has 2 N–H and O–H groups in total. The predicted octanol–water partition coefficient (Wildman–Crippen LogP) is 3.43. The molecule has 0 unspecified atom stereocenters. The highest BCUT2D eigenvalue weighted by atomic mass is 32.2. The Labute approximate surface area is 173 Å². The molecule has 1 aliphatic carbocycles. The van der Waals surface area contributed by atoms with Crippen LogP contribution in [0.15, 0.2) is 23.4 Å². The maximum absolute atomic E-state index is 12.4. The van der Waals surface area contributed by atoms with Gasteiger partial charge < -0.3 is 15.2 Å². The van der Waals surface area contributed by atoms with Crippen LogP contribution in [0.2, 0.25) is 0 Å². The van der Waals surface area contributed by atoms with Crippen molar-refractivity contribution in [2.75, 3.05) is 25.2 Å². The van der Waals surface area contributed by atoms with Crippen molar-refractivity contribution in [2.45, 2.75) is 49.7 Å². The second kappa shape index (κ2) is 9.73. The molecule has 1 aromatic heterocycles. The lowest BCUT2D eigenvalue weighted by molar-refractivity contribution is -0.384. The van der Waals surface area contributed by atoms with Crippen LogP contribution in [-0.2, 0) is 6.42 Å². The van der Waals surface area contributed by atoms with Gasteiger partial charge in [-0.15, -0.1) is 10.2 Å². The van der Waals surface area contributed by atoms with Crippen molar-refractivity contribution in [3.8, 4) is 0 Å². The summed E-state index contributed by atoms with van der Waals surface area (Å²) in [6.07, 6.45) is 8.27. The second-order valence-electron chi connectivity index (χ2n) is 7.01. The lowest BCUT2D eigenvalue weighted by atomic mass is 10.1. The first kappa shape index (κ1) is 21.1. The summed E-state index contributed by atoms with van der Waals surface area (Å²) >= 11 is 1.61. The van der Waals surface area contributed by atoms with E-state index in [4.69, 9.17) is 0 Å². The van der Waals surface area contributed by atoms with Crippen LogP contribution >= 0.6 is 11.8 Å². The first-order chi connectivity index (χ1) is 14.0. The molecule has 0 saturated heterocycles. The molecule has 0 radical (unpaired) electrons. The molecule has 0 spiro atoms. The largest absolute Gasteiger partial charge is 0.383 e. The minimum atomic E-state index is -0.498. The molecule has 10 heteroatoms. The molecule has 3 rings (SSSR count). The Balaban J connectivity index is 1.57. The molecular formula is C19H26N6O3S. The molecule has 1 aromatic carbocycles. The van der Waals surface area contributed by atoms with Crippen LogP contribution in [0.1, 0.15) is 54.3 Å². The number of nitro benzene ring substituents is 1. The third-order valence-corrected chi connectivity index (χ3v) is 5.84. The molecule has 1 heterocycles. The number of carbonyl (C=O) groups excluding carboxylic acids is 1. The molecule has 0 bridgehead atoms. The lowest BCUT2D eigenvalue weighted by Gasteiger charge is -2.16. The average molecular weight is 419 g/mol. The minimum Gasteiger partial charge on any atom is -0.383 e. The van der Waals surface area contributed by atoms with Crippen molar-refractivity contribution in [3.63, 3.8) is 0 Å². The number of aromatic nitrogens is 3. The van der Waals surface area contributed by atoms with Gasteiger partial charge in [-0.3, -0.25) is 14.9 Å². The molecular weight excluding hydrogens is 392 g/mol. The van der Waals surface area contributed by atoms with Crippen molar-refractivity contribution < 1.29 is 9.72 Å². The van der Waals surface area contributed by atoms with Crippen molar-refractivity contribution >= 4 is 29.0 Å². The zero-order chi connectivity index (χ0) is 20.8. The van der Waals surface area contributed by atoms with E-state index in [2.05, 4.69) is 25.4 Å². The van der Waals surface area contributed by atoms with Gasteiger partial charge in [0.25, 0.3) is 11.6 Å². The molecule has 2 aromatic rings. The summed E-state index contributed by atoms with van der Waals surface area (Å²) in [5.41, 5.74) is 0.534. The zero-order valence-electron chi connectivity index (χ0n) is 16.7. The number of nitrogens with zero attached hydrogens (tertiary/aromatic N) is 4. The Kier molecular flexibility index (Phi) is 7.08. The number of thioether (sulfide) groups is 1. The van der Waals surface area contributed by atoms with Crippen molar-refractivity contribution in [3.05, 3.63) is 39.7 Å². The smallest absolute Gasteiger partial charge is 0.293 e. The first-order valence-electron chi connectivity index (χ1n) is 9.77. The summed E-state index contributed by atoms with van der Waals surface area (Å²) in [5, 5.41) is 26.4. The summed E-state index contributed by atoms with van der Waals surface area (Å²) in [7, 11) is 1.61. The number of hydrogen-bond acceptors (Lipinski definition) is 7. The van der Waals surface area contributed by atoms with Crippen molar-refractivity contribution in [1.82, 2.24) is 20.1 Å². The molecule has 0 aliphatic heterocycles. The van der Waals surface area contributed by atoms with Crippen LogP contribution in [0.3, 0.4) is 0 Å². The summed E-state index contributed by atoms with van der Waals surface area (Å²) < 4.78 is 2.26. The number of aryl methyl sites for hydroxylation is 1. The molecule has 156 valence electrons. The van der Waals surface area contributed by atoms with Gasteiger partial charge in [-0.2, -0.15) is 0 Å². The maximum atomic E-state index is 12.4. The molecule has 1 aliphatic rings. The SMILES string of the molecule is CNc1ccc(C(=O)NCCCc2nnc(SC)n2C2CCCC2)cc1[N+](=O)[O-]. The molecule has 1 amide bonds. The van der Waals surface area contributed by atoms with Gasteiger partial charge in [-0.05, 0) is 37.7 Å². The number of benzene rings is 1. The summed E-state index contributed by atoms with van der Waals surface area (Å²) in [5.74, 6) is 0.641. The van der Waals surface area contributed by atoms with E-state index in [-0.39, 0.29) is 17.2 Å². The van der Waals surface area contributed by atoms with Gasteiger partial charge in [0.1, 0.15) is 11.5 Å².